The average Bonchev–Trinajstić information content (AvgIpc) is 3.25. The summed E-state index contributed by atoms with van der Waals surface area (Å²) in [5.41, 5.74) is 0.598. The molecule has 6 heteroatoms. The van der Waals surface area contributed by atoms with Gasteiger partial charge in [0, 0.05) is 16.1 Å². The number of amides is 1. The Bertz CT molecular complexity index is 523. The van der Waals surface area contributed by atoms with E-state index in [0.29, 0.717) is 22.2 Å². The maximum absolute atomic E-state index is 12.4. The molecule has 0 radical (unpaired) electrons. The predicted molar refractivity (Wildman–Crippen MR) is 81.5 cm³/mol. The highest BCUT2D eigenvalue weighted by atomic mass is 35.5. The molecule has 0 bridgehead atoms. The highest BCUT2D eigenvalue weighted by Crippen LogP contribution is 2.29. The summed E-state index contributed by atoms with van der Waals surface area (Å²) in [5, 5.41) is 0.922. The van der Waals surface area contributed by atoms with Crippen LogP contribution in [0.5, 0.6) is 0 Å². The highest BCUT2D eigenvalue weighted by molar-refractivity contribution is 6.36. The molecule has 4 nitrogen and oxygen atoms in total. The van der Waals surface area contributed by atoms with Gasteiger partial charge in [0.05, 0.1) is 13.0 Å². The minimum Gasteiger partial charge on any atom is -0.465 e. The number of ether oxygens (including phenoxy) is 1. The summed E-state index contributed by atoms with van der Waals surface area (Å²) in [6, 6.07) is 5.25. The standard InChI is InChI=1S/C15H17Cl2NO3/c1-2-21-15(20)9-18(10-6-7-10)14(19)8-11-12(16)4-3-5-13(11)17/h3-5,10H,2,6-9H2,1H3. The van der Waals surface area contributed by atoms with Crippen LogP contribution in [-0.4, -0.2) is 36.0 Å². The van der Waals surface area contributed by atoms with Crippen molar-refractivity contribution in [3.05, 3.63) is 33.8 Å². The Hall–Kier alpha value is -1.26. The quantitative estimate of drug-likeness (QED) is 0.753. The summed E-state index contributed by atoms with van der Waals surface area (Å²) < 4.78 is 4.91. The van der Waals surface area contributed by atoms with Gasteiger partial charge >= 0.3 is 5.97 Å². The van der Waals surface area contributed by atoms with Crippen molar-refractivity contribution in [1.82, 2.24) is 4.90 Å². The first-order valence-corrected chi connectivity index (χ1v) is 7.66. The number of hydrogen-bond acceptors (Lipinski definition) is 3. The lowest BCUT2D eigenvalue weighted by Gasteiger charge is -2.22. The number of benzene rings is 1. The molecular formula is C15H17Cl2NO3. The van der Waals surface area contributed by atoms with Crippen LogP contribution < -0.4 is 0 Å². The summed E-state index contributed by atoms with van der Waals surface area (Å²) in [6.45, 7) is 2.03. The molecule has 0 heterocycles. The van der Waals surface area contributed by atoms with Gasteiger partial charge in [-0.25, -0.2) is 0 Å². The summed E-state index contributed by atoms with van der Waals surface area (Å²) in [7, 11) is 0. The Morgan fingerprint density at radius 3 is 2.43 bits per heavy atom. The third-order valence-electron chi connectivity index (χ3n) is 3.30. The van der Waals surface area contributed by atoms with Crippen LogP contribution in [0, 0.1) is 0 Å². The second-order valence-corrected chi connectivity index (χ2v) is 5.75. The fourth-order valence-electron chi connectivity index (χ4n) is 2.11. The molecule has 0 aliphatic heterocycles. The molecule has 1 amide bonds. The van der Waals surface area contributed by atoms with E-state index in [-0.39, 0.29) is 30.9 Å². The lowest BCUT2D eigenvalue weighted by Crippen LogP contribution is -2.39. The Labute approximate surface area is 134 Å². The largest absolute Gasteiger partial charge is 0.465 e. The van der Waals surface area contributed by atoms with Crippen LogP contribution in [0.15, 0.2) is 18.2 Å². The van der Waals surface area contributed by atoms with Crippen molar-refractivity contribution in [2.45, 2.75) is 32.2 Å². The molecule has 1 aromatic rings. The van der Waals surface area contributed by atoms with Crippen LogP contribution in [-0.2, 0) is 20.7 Å². The molecule has 1 aromatic carbocycles. The van der Waals surface area contributed by atoms with E-state index in [1.165, 1.54) is 0 Å². The van der Waals surface area contributed by atoms with Crippen molar-refractivity contribution >= 4 is 35.1 Å². The number of nitrogens with zero attached hydrogens (tertiary/aromatic N) is 1. The molecule has 1 aliphatic carbocycles. The van der Waals surface area contributed by atoms with Crippen LogP contribution in [0.2, 0.25) is 10.0 Å². The van der Waals surface area contributed by atoms with E-state index in [0.717, 1.165) is 12.8 Å². The molecule has 114 valence electrons. The van der Waals surface area contributed by atoms with Crippen molar-refractivity contribution in [2.75, 3.05) is 13.2 Å². The molecule has 1 fully saturated rings. The molecule has 0 N–H and O–H groups in total. The zero-order chi connectivity index (χ0) is 15.4. The maximum atomic E-state index is 12.4. The first-order valence-electron chi connectivity index (χ1n) is 6.91. The maximum Gasteiger partial charge on any atom is 0.325 e. The van der Waals surface area contributed by atoms with Crippen molar-refractivity contribution in [3.8, 4) is 0 Å². The number of halogens is 2. The Morgan fingerprint density at radius 1 is 1.29 bits per heavy atom. The molecule has 1 aliphatic rings. The van der Waals surface area contributed by atoms with Crippen molar-refractivity contribution < 1.29 is 14.3 Å². The number of carbonyl (C=O) groups is 2. The van der Waals surface area contributed by atoms with Gasteiger partial charge in [-0.15, -0.1) is 0 Å². The van der Waals surface area contributed by atoms with E-state index < -0.39 is 0 Å². The van der Waals surface area contributed by atoms with Crippen LogP contribution in [0.1, 0.15) is 25.3 Å². The number of hydrogen-bond donors (Lipinski definition) is 0. The third kappa shape index (κ3) is 4.35. The van der Waals surface area contributed by atoms with E-state index in [4.69, 9.17) is 27.9 Å². The molecule has 0 unspecified atom stereocenters. The molecule has 0 saturated heterocycles. The third-order valence-corrected chi connectivity index (χ3v) is 4.01. The van der Waals surface area contributed by atoms with E-state index >= 15 is 0 Å². The van der Waals surface area contributed by atoms with Gasteiger partial charge in [-0.1, -0.05) is 29.3 Å². The fraction of sp³-hybridized carbons (Fsp3) is 0.467. The fourth-order valence-corrected chi connectivity index (χ4v) is 2.64. The SMILES string of the molecule is CCOC(=O)CN(C(=O)Cc1c(Cl)cccc1Cl)C1CC1. The van der Waals surface area contributed by atoms with E-state index in [1.807, 2.05) is 0 Å². The number of rotatable bonds is 6. The van der Waals surface area contributed by atoms with Crippen LogP contribution in [0.25, 0.3) is 0 Å². The second-order valence-electron chi connectivity index (χ2n) is 4.93. The molecule has 21 heavy (non-hydrogen) atoms. The van der Waals surface area contributed by atoms with Crippen molar-refractivity contribution in [2.24, 2.45) is 0 Å². The monoisotopic (exact) mass is 329 g/mol. The first kappa shape index (κ1) is 16.1. The lowest BCUT2D eigenvalue weighted by molar-refractivity contribution is -0.149. The highest BCUT2D eigenvalue weighted by Gasteiger charge is 2.34. The van der Waals surface area contributed by atoms with Gasteiger partial charge in [-0.2, -0.15) is 0 Å². The van der Waals surface area contributed by atoms with Gasteiger partial charge in [-0.05, 0) is 37.5 Å². The second kappa shape index (κ2) is 7.14. The van der Waals surface area contributed by atoms with Crippen LogP contribution in [0.3, 0.4) is 0 Å². The zero-order valence-corrected chi connectivity index (χ0v) is 13.3. The normalized spacial score (nSPS) is 13.9. The Balaban J connectivity index is 2.07. The molecule has 1 saturated carbocycles. The van der Waals surface area contributed by atoms with E-state index in [9.17, 15) is 9.59 Å². The van der Waals surface area contributed by atoms with Crippen molar-refractivity contribution in [1.29, 1.82) is 0 Å². The predicted octanol–water partition coefficient (Wildman–Crippen LogP) is 3.09. The van der Waals surface area contributed by atoms with Gasteiger partial charge in [0.2, 0.25) is 5.91 Å². The van der Waals surface area contributed by atoms with Gasteiger partial charge in [0.1, 0.15) is 6.54 Å². The van der Waals surface area contributed by atoms with Gasteiger partial charge in [0.15, 0.2) is 0 Å². The Kier molecular flexibility index (Phi) is 5.48. The van der Waals surface area contributed by atoms with Gasteiger partial charge in [0.25, 0.3) is 0 Å². The topological polar surface area (TPSA) is 46.6 Å². The first-order chi connectivity index (χ1) is 10.0. The van der Waals surface area contributed by atoms with E-state index in [1.54, 1.807) is 30.0 Å². The minimum absolute atomic E-state index is 0.0145. The van der Waals surface area contributed by atoms with Gasteiger partial charge < -0.3 is 9.64 Å². The number of carbonyl (C=O) groups excluding carboxylic acids is 2. The average molecular weight is 330 g/mol. The smallest absolute Gasteiger partial charge is 0.325 e. The minimum atomic E-state index is -0.386. The summed E-state index contributed by atoms with van der Waals surface area (Å²) in [4.78, 5) is 25.6. The molecule has 0 aromatic heterocycles. The number of esters is 1. The summed E-state index contributed by atoms with van der Waals surface area (Å²) in [6.07, 6.45) is 1.93. The summed E-state index contributed by atoms with van der Waals surface area (Å²) >= 11 is 12.2. The van der Waals surface area contributed by atoms with Crippen LogP contribution >= 0.6 is 23.2 Å². The van der Waals surface area contributed by atoms with Crippen LogP contribution in [0.4, 0.5) is 0 Å². The van der Waals surface area contributed by atoms with Gasteiger partial charge in [-0.3, -0.25) is 9.59 Å². The molecule has 2 rings (SSSR count). The molecular weight excluding hydrogens is 313 g/mol. The lowest BCUT2D eigenvalue weighted by atomic mass is 10.1. The summed E-state index contributed by atoms with van der Waals surface area (Å²) in [5.74, 6) is -0.538. The van der Waals surface area contributed by atoms with E-state index in [2.05, 4.69) is 0 Å². The zero-order valence-electron chi connectivity index (χ0n) is 11.8. The molecule has 0 atom stereocenters. The molecule has 0 spiro atoms. The van der Waals surface area contributed by atoms with Crippen molar-refractivity contribution in [3.63, 3.8) is 0 Å². The Morgan fingerprint density at radius 2 is 1.90 bits per heavy atom.